The molecular weight excluding hydrogens is 172 g/mol. The molecule has 2 aliphatic rings. The monoisotopic (exact) mass is 186 g/mol. The van der Waals surface area contributed by atoms with Crippen LogP contribution in [0.5, 0.6) is 0 Å². The van der Waals surface area contributed by atoms with E-state index >= 15 is 0 Å². The molecule has 0 N–H and O–H groups in total. The highest BCUT2D eigenvalue weighted by Crippen LogP contribution is 2.19. The quantitative estimate of drug-likeness (QED) is 0.647. The molecule has 0 unspecified atom stereocenters. The molecule has 72 valence electrons. The zero-order valence-corrected chi connectivity index (χ0v) is 8.20. The Morgan fingerprint density at radius 3 is 2.71 bits per heavy atom. The molecule has 0 fully saturated rings. The maximum Gasteiger partial charge on any atom is 0.188 e. The second-order valence-corrected chi connectivity index (χ2v) is 3.63. The van der Waals surface area contributed by atoms with E-state index in [1.165, 1.54) is 0 Å². The summed E-state index contributed by atoms with van der Waals surface area (Å²) in [4.78, 5) is 11.9. The molecule has 0 spiro atoms. The average molecular weight is 186 g/mol. The largest absolute Gasteiger partial charge is 0.289 e. The zero-order valence-electron chi connectivity index (χ0n) is 8.20. The molecule has 0 aromatic carbocycles. The summed E-state index contributed by atoms with van der Waals surface area (Å²) in [6, 6.07) is 0. The topological polar surface area (TPSA) is 17.1 Å². The van der Waals surface area contributed by atoms with Gasteiger partial charge in [0.15, 0.2) is 5.78 Å². The van der Waals surface area contributed by atoms with E-state index in [-0.39, 0.29) is 5.78 Å². The number of ketones is 1. The fourth-order valence-corrected chi connectivity index (χ4v) is 1.76. The van der Waals surface area contributed by atoms with Crippen molar-refractivity contribution in [2.24, 2.45) is 0 Å². The maximum atomic E-state index is 11.9. The van der Waals surface area contributed by atoms with Crippen molar-refractivity contribution >= 4 is 5.78 Å². The molecule has 0 amide bonds. The third-order valence-electron chi connectivity index (χ3n) is 2.56. The van der Waals surface area contributed by atoms with Crippen LogP contribution in [-0.4, -0.2) is 5.78 Å². The second-order valence-electron chi connectivity index (χ2n) is 3.63. The van der Waals surface area contributed by atoms with Crippen LogP contribution in [0.25, 0.3) is 0 Å². The summed E-state index contributed by atoms with van der Waals surface area (Å²) in [6.07, 6.45) is 16.0. The lowest BCUT2D eigenvalue weighted by Gasteiger charge is -2.10. The molecule has 1 heteroatoms. The van der Waals surface area contributed by atoms with Crippen LogP contribution in [0.4, 0.5) is 0 Å². The Hall–Kier alpha value is -1.37. The van der Waals surface area contributed by atoms with Crippen LogP contribution in [0.2, 0.25) is 0 Å². The van der Waals surface area contributed by atoms with Gasteiger partial charge < -0.3 is 0 Å². The first-order valence-electron chi connectivity index (χ1n) is 5.15. The van der Waals surface area contributed by atoms with Gasteiger partial charge in [0.25, 0.3) is 0 Å². The number of Topliss-reactive ketones (excluding diaryl/α,β-unsaturated/α-hetero) is 1. The highest BCUT2D eigenvalue weighted by atomic mass is 16.1. The summed E-state index contributed by atoms with van der Waals surface area (Å²) >= 11 is 0. The Morgan fingerprint density at radius 2 is 2.07 bits per heavy atom. The van der Waals surface area contributed by atoms with Crippen LogP contribution in [0.15, 0.2) is 47.6 Å². The van der Waals surface area contributed by atoms with E-state index in [0.717, 1.165) is 36.8 Å². The number of hydrogen-bond acceptors (Lipinski definition) is 1. The maximum absolute atomic E-state index is 11.9. The van der Waals surface area contributed by atoms with Gasteiger partial charge in [-0.05, 0) is 25.7 Å². The van der Waals surface area contributed by atoms with E-state index in [0.29, 0.717) is 0 Å². The lowest BCUT2D eigenvalue weighted by Crippen LogP contribution is -2.07. The number of carbonyl (C=O) groups is 1. The standard InChI is InChI=1S/C13H14O/c14-13(11-7-3-1-4-8-11)12-9-5-2-6-10-12/h1,3,5,7,9-10H,2,4,6,8H2. The summed E-state index contributed by atoms with van der Waals surface area (Å²) in [6.45, 7) is 0. The van der Waals surface area contributed by atoms with E-state index in [4.69, 9.17) is 0 Å². The van der Waals surface area contributed by atoms with Gasteiger partial charge >= 0.3 is 0 Å². The third kappa shape index (κ3) is 1.92. The normalized spacial score (nSPS) is 20.3. The molecule has 2 rings (SSSR count). The van der Waals surface area contributed by atoms with Crippen LogP contribution in [0, 0.1) is 0 Å². The first-order valence-corrected chi connectivity index (χ1v) is 5.15. The molecule has 1 nitrogen and oxygen atoms in total. The number of hydrogen-bond donors (Lipinski definition) is 0. The summed E-state index contributed by atoms with van der Waals surface area (Å²) in [5, 5.41) is 0. The fourth-order valence-electron chi connectivity index (χ4n) is 1.76. The lowest BCUT2D eigenvalue weighted by molar-refractivity contribution is -0.112. The molecule has 0 bridgehead atoms. The molecule has 14 heavy (non-hydrogen) atoms. The SMILES string of the molecule is O=C(C1=CCCC=C1)C1=CC=CCC1. The Morgan fingerprint density at radius 1 is 1.14 bits per heavy atom. The van der Waals surface area contributed by atoms with Gasteiger partial charge in [0.1, 0.15) is 0 Å². The van der Waals surface area contributed by atoms with Crippen molar-refractivity contribution in [3.8, 4) is 0 Å². The van der Waals surface area contributed by atoms with Gasteiger partial charge in [-0.2, -0.15) is 0 Å². The predicted molar refractivity (Wildman–Crippen MR) is 57.9 cm³/mol. The van der Waals surface area contributed by atoms with Crippen LogP contribution in [-0.2, 0) is 4.79 Å². The molecule has 0 heterocycles. The van der Waals surface area contributed by atoms with Gasteiger partial charge in [0.2, 0.25) is 0 Å². The molecule has 0 aliphatic heterocycles. The highest BCUT2D eigenvalue weighted by Gasteiger charge is 2.13. The van der Waals surface area contributed by atoms with Gasteiger partial charge in [0.05, 0.1) is 0 Å². The van der Waals surface area contributed by atoms with Crippen LogP contribution >= 0.6 is 0 Å². The van der Waals surface area contributed by atoms with E-state index < -0.39 is 0 Å². The summed E-state index contributed by atoms with van der Waals surface area (Å²) < 4.78 is 0. The minimum absolute atomic E-state index is 0.213. The molecular formula is C13H14O. The Bertz CT molecular complexity index is 353. The smallest absolute Gasteiger partial charge is 0.188 e. The van der Waals surface area contributed by atoms with Crippen molar-refractivity contribution in [1.29, 1.82) is 0 Å². The molecule has 0 aromatic rings. The van der Waals surface area contributed by atoms with Crippen LogP contribution in [0.3, 0.4) is 0 Å². The Labute approximate surface area is 84.5 Å². The molecule has 0 radical (unpaired) electrons. The van der Waals surface area contributed by atoms with Gasteiger partial charge in [-0.3, -0.25) is 4.79 Å². The first kappa shape index (κ1) is 9.20. The summed E-state index contributed by atoms with van der Waals surface area (Å²) in [5.41, 5.74) is 1.82. The fraction of sp³-hybridized carbons (Fsp3) is 0.308. The third-order valence-corrected chi connectivity index (χ3v) is 2.56. The first-order chi connectivity index (χ1) is 6.88. The van der Waals surface area contributed by atoms with E-state index in [2.05, 4.69) is 12.2 Å². The van der Waals surface area contributed by atoms with Crippen LogP contribution in [0.1, 0.15) is 25.7 Å². The minimum Gasteiger partial charge on any atom is -0.289 e. The predicted octanol–water partition coefficient (Wildman–Crippen LogP) is 3.11. The molecule has 0 saturated carbocycles. The second kappa shape index (κ2) is 4.23. The average Bonchev–Trinajstić information content (AvgIpc) is 2.30. The number of rotatable bonds is 2. The van der Waals surface area contributed by atoms with Gasteiger partial charge in [0, 0.05) is 11.1 Å². The molecule has 2 aliphatic carbocycles. The Balaban J connectivity index is 2.15. The van der Waals surface area contributed by atoms with E-state index in [9.17, 15) is 4.79 Å². The van der Waals surface area contributed by atoms with Crippen molar-refractivity contribution in [2.45, 2.75) is 25.7 Å². The van der Waals surface area contributed by atoms with Crippen molar-refractivity contribution in [1.82, 2.24) is 0 Å². The molecule has 0 atom stereocenters. The van der Waals surface area contributed by atoms with Gasteiger partial charge in [-0.25, -0.2) is 0 Å². The van der Waals surface area contributed by atoms with Crippen molar-refractivity contribution < 1.29 is 4.79 Å². The lowest BCUT2D eigenvalue weighted by atomic mass is 9.93. The molecule has 0 aromatic heterocycles. The zero-order chi connectivity index (χ0) is 9.80. The number of allylic oxidation sites excluding steroid dienone is 8. The van der Waals surface area contributed by atoms with E-state index in [1.807, 2.05) is 24.3 Å². The van der Waals surface area contributed by atoms with Crippen molar-refractivity contribution in [2.75, 3.05) is 0 Å². The van der Waals surface area contributed by atoms with Crippen molar-refractivity contribution in [3.63, 3.8) is 0 Å². The van der Waals surface area contributed by atoms with Crippen molar-refractivity contribution in [3.05, 3.63) is 47.6 Å². The Kier molecular flexibility index (Phi) is 2.78. The minimum atomic E-state index is 0.213. The highest BCUT2D eigenvalue weighted by molar-refractivity contribution is 6.10. The summed E-state index contributed by atoms with van der Waals surface area (Å²) in [7, 11) is 0. The van der Waals surface area contributed by atoms with Gasteiger partial charge in [-0.1, -0.05) is 36.5 Å². The molecule has 0 saturated heterocycles. The van der Waals surface area contributed by atoms with Crippen LogP contribution < -0.4 is 0 Å². The van der Waals surface area contributed by atoms with E-state index in [1.54, 1.807) is 0 Å². The summed E-state index contributed by atoms with van der Waals surface area (Å²) in [5.74, 6) is 0.213. The number of carbonyl (C=O) groups excluding carboxylic acids is 1. The van der Waals surface area contributed by atoms with Gasteiger partial charge in [-0.15, -0.1) is 0 Å².